The number of nitrogens with zero attached hydrogens (tertiary/aromatic N) is 1. The van der Waals surface area contributed by atoms with Crippen LogP contribution in [0.1, 0.15) is 23.2 Å². The third kappa shape index (κ3) is 3.05. The van der Waals surface area contributed by atoms with Crippen molar-refractivity contribution in [2.24, 2.45) is 0 Å². The number of halogens is 1. The summed E-state index contributed by atoms with van der Waals surface area (Å²) in [4.78, 5) is 13.9. The molecule has 1 aromatic carbocycles. The maximum absolute atomic E-state index is 13.0. The normalized spacial score (nSPS) is 15.1. The molecule has 2 rings (SSSR count). The molecular weight excluding hydrogens is 237 g/mol. The molecule has 0 heterocycles. The molecule has 0 radical (unpaired) electrons. The number of aromatic hydroxyl groups is 1. The molecule has 1 aliphatic carbocycles. The van der Waals surface area contributed by atoms with E-state index in [4.69, 9.17) is 5.11 Å². The number of hydrogen-bond donors (Lipinski definition) is 2. The van der Waals surface area contributed by atoms with Crippen molar-refractivity contribution >= 4 is 5.78 Å². The van der Waals surface area contributed by atoms with Crippen molar-refractivity contribution in [1.29, 1.82) is 0 Å². The van der Waals surface area contributed by atoms with Crippen LogP contribution < -0.4 is 0 Å². The van der Waals surface area contributed by atoms with Crippen LogP contribution in [0.5, 0.6) is 5.75 Å². The Morgan fingerprint density at radius 1 is 1.44 bits per heavy atom. The number of carbonyl (C=O) groups is 1. The Kier molecular flexibility index (Phi) is 3.93. The molecule has 0 spiro atoms. The van der Waals surface area contributed by atoms with Crippen molar-refractivity contribution in [3.8, 4) is 5.75 Å². The second-order valence-corrected chi connectivity index (χ2v) is 4.51. The molecule has 1 fully saturated rings. The number of phenolic OH excluding ortho intramolecular Hbond substituents is 1. The van der Waals surface area contributed by atoms with Crippen molar-refractivity contribution in [2.45, 2.75) is 18.9 Å². The Labute approximate surface area is 105 Å². The van der Waals surface area contributed by atoms with Crippen molar-refractivity contribution < 1.29 is 19.4 Å². The first kappa shape index (κ1) is 13.0. The number of aliphatic hydroxyl groups is 1. The summed E-state index contributed by atoms with van der Waals surface area (Å²) in [7, 11) is 0. The van der Waals surface area contributed by atoms with E-state index in [0.29, 0.717) is 12.6 Å². The second kappa shape index (κ2) is 5.46. The largest absolute Gasteiger partial charge is 0.507 e. The van der Waals surface area contributed by atoms with Crippen LogP contribution in [-0.2, 0) is 0 Å². The molecule has 0 bridgehead atoms. The lowest BCUT2D eigenvalue weighted by molar-refractivity contribution is 0.0904. The smallest absolute Gasteiger partial charge is 0.180 e. The molecule has 5 heteroatoms. The molecule has 0 amide bonds. The Morgan fingerprint density at radius 3 is 2.78 bits per heavy atom. The van der Waals surface area contributed by atoms with Crippen LogP contribution >= 0.6 is 0 Å². The minimum Gasteiger partial charge on any atom is -0.507 e. The van der Waals surface area contributed by atoms with Gasteiger partial charge in [0.15, 0.2) is 5.78 Å². The van der Waals surface area contributed by atoms with Crippen molar-refractivity contribution in [3.63, 3.8) is 0 Å². The second-order valence-electron chi connectivity index (χ2n) is 4.51. The fourth-order valence-electron chi connectivity index (χ4n) is 1.96. The summed E-state index contributed by atoms with van der Waals surface area (Å²) in [5, 5.41) is 18.5. The molecule has 98 valence electrons. The van der Waals surface area contributed by atoms with E-state index in [2.05, 4.69) is 0 Å². The Hall–Kier alpha value is -1.46. The summed E-state index contributed by atoms with van der Waals surface area (Å²) < 4.78 is 13.0. The number of ketones is 1. The van der Waals surface area contributed by atoms with Gasteiger partial charge in [0.25, 0.3) is 0 Å². The van der Waals surface area contributed by atoms with Crippen molar-refractivity contribution in [2.75, 3.05) is 19.7 Å². The van der Waals surface area contributed by atoms with Gasteiger partial charge in [-0.05, 0) is 31.0 Å². The first-order valence-electron chi connectivity index (χ1n) is 5.98. The van der Waals surface area contributed by atoms with Gasteiger partial charge in [-0.15, -0.1) is 0 Å². The molecule has 0 saturated heterocycles. The summed E-state index contributed by atoms with van der Waals surface area (Å²) in [5.41, 5.74) is -0.00131. The average molecular weight is 253 g/mol. The summed E-state index contributed by atoms with van der Waals surface area (Å²) in [5.74, 6) is -1.08. The first-order valence-corrected chi connectivity index (χ1v) is 5.98. The standard InChI is InChI=1S/C13H16FNO3/c14-9-1-4-12(17)11(7-9)13(18)8-15(5-6-16)10-2-3-10/h1,4,7,10,16-17H,2-3,5-6,8H2. The fraction of sp³-hybridized carbons (Fsp3) is 0.462. The van der Waals surface area contributed by atoms with Crippen LogP contribution in [0.3, 0.4) is 0 Å². The van der Waals surface area contributed by atoms with Crippen molar-refractivity contribution in [1.82, 2.24) is 4.90 Å². The minimum absolute atomic E-state index is 0.00131. The minimum atomic E-state index is -0.545. The predicted molar refractivity (Wildman–Crippen MR) is 64.1 cm³/mol. The third-order valence-corrected chi connectivity index (χ3v) is 3.06. The highest BCUT2D eigenvalue weighted by molar-refractivity contribution is 6.00. The molecule has 4 nitrogen and oxygen atoms in total. The molecule has 1 saturated carbocycles. The molecule has 2 N–H and O–H groups in total. The molecule has 18 heavy (non-hydrogen) atoms. The van der Waals surface area contributed by atoms with Gasteiger partial charge in [0.05, 0.1) is 18.7 Å². The molecule has 0 unspecified atom stereocenters. The average Bonchev–Trinajstić information content (AvgIpc) is 3.15. The van der Waals surface area contributed by atoms with Gasteiger partial charge in [-0.1, -0.05) is 0 Å². The van der Waals surface area contributed by atoms with Gasteiger partial charge in [-0.3, -0.25) is 9.69 Å². The number of Topliss-reactive ketones (excluding diaryl/α,β-unsaturated/α-hetero) is 1. The topological polar surface area (TPSA) is 60.8 Å². The highest BCUT2D eigenvalue weighted by Gasteiger charge is 2.30. The lowest BCUT2D eigenvalue weighted by atomic mass is 10.1. The van der Waals surface area contributed by atoms with Gasteiger partial charge in [-0.2, -0.15) is 0 Å². The zero-order valence-corrected chi connectivity index (χ0v) is 9.97. The first-order chi connectivity index (χ1) is 8.61. The number of rotatable bonds is 6. The third-order valence-electron chi connectivity index (χ3n) is 3.06. The van der Waals surface area contributed by atoms with Crippen molar-refractivity contribution in [3.05, 3.63) is 29.6 Å². The van der Waals surface area contributed by atoms with Gasteiger partial charge >= 0.3 is 0 Å². The number of hydrogen-bond acceptors (Lipinski definition) is 4. The van der Waals surface area contributed by atoms with Gasteiger partial charge in [-0.25, -0.2) is 4.39 Å². The summed E-state index contributed by atoms with van der Waals surface area (Å²) in [6, 6.07) is 3.66. The maximum Gasteiger partial charge on any atom is 0.180 e. The number of aliphatic hydroxyl groups excluding tert-OH is 1. The monoisotopic (exact) mass is 253 g/mol. The van der Waals surface area contributed by atoms with Crippen LogP contribution in [0.4, 0.5) is 4.39 Å². The predicted octanol–water partition coefficient (Wildman–Crippen LogP) is 1.17. The Balaban J connectivity index is 2.07. The van der Waals surface area contributed by atoms with E-state index in [-0.39, 0.29) is 30.2 Å². The summed E-state index contributed by atoms with van der Waals surface area (Å²) in [6.45, 7) is 0.508. The van der Waals surface area contributed by atoms with E-state index in [9.17, 15) is 14.3 Å². The lowest BCUT2D eigenvalue weighted by Crippen LogP contribution is -2.34. The zero-order chi connectivity index (χ0) is 13.1. The van der Waals surface area contributed by atoms with Crippen LogP contribution in [-0.4, -0.2) is 46.6 Å². The lowest BCUT2D eigenvalue weighted by Gasteiger charge is -2.19. The maximum atomic E-state index is 13.0. The van der Waals surface area contributed by atoms with E-state index in [0.717, 1.165) is 25.0 Å². The molecule has 0 aliphatic heterocycles. The van der Waals surface area contributed by atoms with E-state index in [1.54, 1.807) is 0 Å². The number of benzene rings is 1. The molecule has 1 aromatic rings. The SMILES string of the molecule is O=C(CN(CCO)C1CC1)c1cc(F)ccc1O. The van der Waals surface area contributed by atoms with Crippen LogP contribution in [0.2, 0.25) is 0 Å². The van der Waals surface area contributed by atoms with Crippen LogP contribution in [0.15, 0.2) is 18.2 Å². The number of carbonyl (C=O) groups excluding carboxylic acids is 1. The highest BCUT2D eigenvalue weighted by Crippen LogP contribution is 2.27. The molecule has 1 aliphatic rings. The van der Waals surface area contributed by atoms with Gasteiger partial charge < -0.3 is 10.2 Å². The van der Waals surface area contributed by atoms with E-state index in [1.807, 2.05) is 4.90 Å². The van der Waals surface area contributed by atoms with E-state index in [1.165, 1.54) is 6.07 Å². The van der Waals surface area contributed by atoms with Gasteiger partial charge in [0, 0.05) is 12.6 Å². The quantitative estimate of drug-likeness (QED) is 0.747. The Morgan fingerprint density at radius 2 is 2.17 bits per heavy atom. The summed E-state index contributed by atoms with van der Waals surface area (Å²) >= 11 is 0. The van der Waals surface area contributed by atoms with E-state index >= 15 is 0 Å². The van der Waals surface area contributed by atoms with Crippen LogP contribution in [0.25, 0.3) is 0 Å². The highest BCUT2D eigenvalue weighted by atomic mass is 19.1. The molecular formula is C13H16FNO3. The fourth-order valence-corrected chi connectivity index (χ4v) is 1.96. The van der Waals surface area contributed by atoms with Gasteiger partial charge in [0.2, 0.25) is 0 Å². The Bertz CT molecular complexity index is 446. The van der Waals surface area contributed by atoms with Crippen LogP contribution in [0, 0.1) is 5.82 Å². The summed E-state index contributed by atoms with van der Waals surface area (Å²) in [6.07, 6.45) is 2.03. The zero-order valence-electron chi connectivity index (χ0n) is 9.97. The van der Waals surface area contributed by atoms with E-state index < -0.39 is 5.82 Å². The molecule has 0 atom stereocenters. The number of phenols is 1. The van der Waals surface area contributed by atoms with Gasteiger partial charge in [0.1, 0.15) is 11.6 Å². The molecule has 0 aromatic heterocycles.